The normalized spacial score (nSPS) is 14.1. The van der Waals surface area contributed by atoms with Gasteiger partial charge in [0.2, 0.25) is 0 Å². The molecule has 0 atom stereocenters. The minimum absolute atomic E-state index is 0.231. The molecule has 1 saturated heterocycles. The van der Waals surface area contributed by atoms with E-state index in [9.17, 15) is 9.59 Å². The van der Waals surface area contributed by atoms with Crippen molar-refractivity contribution in [3.63, 3.8) is 0 Å². The number of ether oxygens (including phenoxy) is 1. The fourth-order valence-electron chi connectivity index (χ4n) is 1.18. The highest BCUT2D eigenvalue weighted by Crippen LogP contribution is 2.12. The third-order valence-corrected chi connectivity index (χ3v) is 3.09. The van der Waals surface area contributed by atoms with Crippen molar-refractivity contribution in [1.82, 2.24) is 20.3 Å². The van der Waals surface area contributed by atoms with Crippen molar-refractivity contribution in [1.29, 1.82) is 0 Å². The Kier molecular flexibility index (Phi) is 6.58. The Morgan fingerprint density at radius 2 is 2.28 bits per heavy atom. The van der Waals surface area contributed by atoms with Gasteiger partial charge in [0.05, 0.1) is 25.1 Å². The van der Waals surface area contributed by atoms with Crippen molar-refractivity contribution in [2.45, 2.75) is 6.92 Å². The topological polar surface area (TPSA) is 82.7 Å². The second kappa shape index (κ2) is 7.98. The van der Waals surface area contributed by atoms with E-state index in [1.54, 1.807) is 0 Å². The molecule has 0 saturated carbocycles. The quantitative estimate of drug-likeness (QED) is 0.383. The summed E-state index contributed by atoms with van der Waals surface area (Å²) in [7, 11) is 0. The van der Waals surface area contributed by atoms with Gasteiger partial charge in [0, 0.05) is 19.6 Å². The maximum absolute atomic E-state index is 11.5. The molecule has 0 aromatic carbocycles. The van der Waals surface area contributed by atoms with Gasteiger partial charge in [0.15, 0.2) is 0 Å². The van der Waals surface area contributed by atoms with Crippen LogP contribution in [-0.2, 0) is 4.74 Å². The number of thiocarbonyl (C=S) groups is 1. The Labute approximate surface area is 115 Å². The number of hydrogen-bond donors (Lipinski definition) is 3. The molecule has 0 radical (unpaired) electrons. The Hall–Kier alpha value is -1.22. The van der Waals surface area contributed by atoms with Crippen molar-refractivity contribution in [3.8, 4) is 0 Å². The van der Waals surface area contributed by atoms with Crippen molar-refractivity contribution in [2.75, 3.05) is 32.8 Å². The summed E-state index contributed by atoms with van der Waals surface area (Å²) in [5, 5.41) is 8.15. The highest BCUT2D eigenvalue weighted by Gasteiger charge is 2.22. The average Bonchev–Trinajstić information content (AvgIpc) is 2.71. The third-order valence-electron chi connectivity index (χ3n) is 1.95. The smallest absolute Gasteiger partial charge is 0.327 e. The number of carbonyl (C=O) groups is 2. The molecule has 1 fully saturated rings. The van der Waals surface area contributed by atoms with Gasteiger partial charge >= 0.3 is 6.03 Å². The molecule has 0 aliphatic carbocycles. The third kappa shape index (κ3) is 5.41. The fraction of sp³-hybridized carbons (Fsp3) is 0.667. The van der Waals surface area contributed by atoms with Crippen LogP contribution in [0.4, 0.5) is 9.59 Å². The SMILES string of the molecule is CCOC(=S)NCCNC(=O)SN1CCNC1=O. The maximum atomic E-state index is 11.5. The number of rotatable bonds is 5. The van der Waals surface area contributed by atoms with Crippen LogP contribution in [0.1, 0.15) is 6.92 Å². The summed E-state index contributed by atoms with van der Waals surface area (Å²) in [6.07, 6.45) is 0. The van der Waals surface area contributed by atoms with E-state index >= 15 is 0 Å². The van der Waals surface area contributed by atoms with E-state index in [0.29, 0.717) is 38.0 Å². The van der Waals surface area contributed by atoms with Gasteiger partial charge in [-0.25, -0.2) is 4.79 Å². The van der Waals surface area contributed by atoms with Crippen LogP contribution in [0, 0.1) is 0 Å². The van der Waals surface area contributed by atoms with Gasteiger partial charge in [-0.2, -0.15) is 0 Å². The van der Waals surface area contributed by atoms with E-state index in [1.807, 2.05) is 6.92 Å². The molecule has 102 valence electrons. The fourth-order valence-corrected chi connectivity index (χ4v) is 2.10. The first kappa shape index (κ1) is 14.8. The number of hydrogen-bond acceptors (Lipinski definition) is 5. The molecule has 0 spiro atoms. The Balaban J connectivity index is 2.06. The molecule has 18 heavy (non-hydrogen) atoms. The van der Waals surface area contributed by atoms with Crippen LogP contribution in [0.25, 0.3) is 0 Å². The molecule has 7 nitrogen and oxygen atoms in total. The number of nitrogens with zero attached hydrogens (tertiary/aromatic N) is 1. The van der Waals surface area contributed by atoms with Crippen LogP contribution in [0.15, 0.2) is 0 Å². The van der Waals surface area contributed by atoms with E-state index in [-0.39, 0.29) is 11.3 Å². The number of nitrogens with one attached hydrogen (secondary N) is 3. The lowest BCUT2D eigenvalue weighted by Gasteiger charge is -2.12. The van der Waals surface area contributed by atoms with E-state index < -0.39 is 0 Å². The second-order valence-corrected chi connectivity index (χ2v) is 4.65. The first-order chi connectivity index (χ1) is 8.63. The minimum Gasteiger partial charge on any atom is -0.471 e. The zero-order valence-corrected chi connectivity index (χ0v) is 11.7. The van der Waals surface area contributed by atoms with Gasteiger partial charge in [-0.1, -0.05) is 0 Å². The monoisotopic (exact) mass is 292 g/mol. The second-order valence-electron chi connectivity index (χ2n) is 3.29. The molecule has 1 aliphatic heterocycles. The van der Waals surface area contributed by atoms with Crippen LogP contribution in [0.2, 0.25) is 0 Å². The summed E-state index contributed by atoms with van der Waals surface area (Å²) in [6.45, 7) is 4.35. The van der Waals surface area contributed by atoms with Crippen LogP contribution in [-0.4, -0.2) is 53.5 Å². The molecule has 0 bridgehead atoms. The van der Waals surface area contributed by atoms with E-state index in [1.165, 1.54) is 4.31 Å². The molecule has 1 heterocycles. The summed E-state index contributed by atoms with van der Waals surface area (Å²) >= 11 is 5.71. The van der Waals surface area contributed by atoms with Crippen molar-refractivity contribution < 1.29 is 14.3 Å². The first-order valence-corrected chi connectivity index (χ1v) is 6.73. The average molecular weight is 292 g/mol. The van der Waals surface area contributed by atoms with Crippen LogP contribution < -0.4 is 16.0 Å². The van der Waals surface area contributed by atoms with Crippen LogP contribution in [0.3, 0.4) is 0 Å². The first-order valence-electron chi connectivity index (χ1n) is 5.55. The van der Waals surface area contributed by atoms with Crippen LogP contribution >= 0.6 is 24.2 Å². The predicted octanol–water partition coefficient (Wildman–Crippen LogP) is 0.280. The summed E-state index contributed by atoms with van der Waals surface area (Å²) in [5.41, 5.74) is 0. The molecule has 3 amide bonds. The summed E-state index contributed by atoms with van der Waals surface area (Å²) in [6, 6.07) is -0.231. The highest BCUT2D eigenvalue weighted by molar-refractivity contribution is 8.11. The molecule has 0 aromatic rings. The lowest BCUT2D eigenvalue weighted by molar-refractivity contribution is 0.237. The van der Waals surface area contributed by atoms with Crippen molar-refractivity contribution in [2.24, 2.45) is 0 Å². The number of urea groups is 1. The summed E-state index contributed by atoms with van der Waals surface area (Å²) in [5.74, 6) is 0. The van der Waals surface area contributed by atoms with E-state index in [2.05, 4.69) is 16.0 Å². The van der Waals surface area contributed by atoms with Gasteiger partial charge in [-0.05, 0) is 19.1 Å². The number of carbonyl (C=O) groups excluding carboxylic acids is 2. The van der Waals surface area contributed by atoms with Gasteiger partial charge in [0.25, 0.3) is 10.4 Å². The molecular weight excluding hydrogens is 276 g/mol. The molecule has 0 unspecified atom stereocenters. The zero-order valence-electron chi connectivity index (χ0n) is 10.0. The van der Waals surface area contributed by atoms with Crippen molar-refractivity contribution in [3.05, 3.63) is 0 Å². The summed E-state index contributed by atoms with van der Waals surface area (Å²) in [4.78, 5) is 22.6. The Morgan fingerprint density at radius 3 is 2.89 bits per heavy atom. The molecule has 0 aromatic heterocycles. The Morgan fingerprint density at radius 1 is 1.56 bits per heavy atom. The largest absolute Gasteiger partial charge is 0.471 e. The lowest BCUT2D eigenvalue weighted by Crippen LogP contribution is -2.35. The van der Waals surface area contributed by atoms with Gasteiger partial charge in [-0.15, -0.1) is 0 Å². The zero-order chi connectivity index (χ0) is 13.4. The van der Waals surface area contributed by atoms with Gasteiger partial charge in [0.1, 0.15) is 0 Å². The molecular formula is C9H16N4O3S2. The van der Waals surface area contributed by atoms with Crippen molar-refractivity contribution >= 4 is 40.6 Å². The van der Waals surface area contributed by atoms with Crippen LogP contribution in [0.5, 0.6) is 0 Å². The lowest BCUT2D eigenvalue weighted by atomic mass is 10.6. The number of amides is 3. The standard InChI is InChI=1S/C9H16N4O3S2/c1-2-16-9(17)12-4-3-11-8(15)18-13-6-5-10-7(13)14/h2-6H2,1H3,(H,10,14)(H,11,15)(H,12,17). The van der Waals surface area contributed by atoms with Gasteiger partial charge < -0.3 is 20.7 Å². The molecule has 3 N–H and O–H groups in total. The van der Waals surface area contributed by atoms with E-state index in [0.717, 1.165) is 11.9 Å². The molecule has 1 rings (SSSR count). The summed E-state index contributed by atoms with van der Waals surface area (Å²) < 4.78 is 6.39. The minimum atomic E-state index is -0.267. The molecule has 1 aliphatic rings. The maximum Gasteiger partial charge on any atom is 0.327 e. The van der Waals surface area contributed by atoms with Gasteiger partial charge in [-0.3, -0.25) is 9.10 Å². The highest BCUT2D eigenvalue weighted by atomic mass is 32.2. The Bertz CT molecular complexity index is 327. The predicted molar refractivity (Wildman–Crippen MR) is 73.3 cm³/mol. The van der Waals surface area contributed by atoms with E-state index in [4.69, 9.17) is 17.0 Å². The molecule has 9 heteroatoms.